The van der Waals surface area contributed by atoms with Crippen molar-refractivity contribution in [3.8, 4) is 0 Å². The number of carbonyl (C=O) groups is 2. The standard InChI is InChI=1S/C17H16INO2/c1-9-8-12(18)6-7-13(9)19-16(20)14-10-2-3-11(5-4-10)15(14)17(19)21/h2-3,6-8,10-11,14-15H,4-5H2,1H3/t10-,11-,14+,15+/m0/s1. The highest BCUT2D eigenvalue weighted by molar-refractivity contribution is 14.1. The van der Waals surface area contributed by atoms with Crippen LogP contribution in [0.15, 0.2) is 30.4 Å². The summed E-state index contributed by atoms with van der Waals surface area (Å²) in [6, 6.07) is 5.88. The smallest absolute Gasteiger partial charge is 0.238 e. The second kappa shape index (κ2) is 4.66. The molecule has 3 aliphatic carbocycles. The molecule has 1 aromatic rings. The first-order chi connectivity index (χ1) is 10.1. The molecular weight excluding hydrogens is 377 g/mol. The molecule has 1 saturated carbocycles. The molecule has 1 heterocycles. The van der Waals surface area contributed by atoms with Gasteiger partial charge in [0.15, 0.2) is 0 Å². The Kier molecular flexibility index (Phi) is 3.00. The summed E-state index contributed by atoms with van der Waals surface area (Å²) in [6.45, 7) is 1.97. The largest absolute Gasteiger partial charge is 0.274 e. The SMILES string of the molecule is Cc1cc(I)ccc1N1C(=O)[C@H]2[C@H](C1=O)[C@H]1C=C[C@H]2CC1. The maximum atomic E-state index is 12.8. The summed E-state index contributed by atoms with van der Waals surface area (Å²) in [4.78, 5) is 27.2. The van der Waals surface area contributed by atoms with Gasteiger partial charge in [0.05, 0.1) is 17.5 Å². The van der Waals surface area contributed by atoms with E-state index < -0.39 is 0 Å². The number of fused-ring (bicyclic) bond motifs is 1. The van der Waals surface area contributed by atoms with Gasteiger partial charge in [-0.05, 0) is 78.0 Å². The average Bonchev–Trinajstić information content (AvgIpc) is 2.75. The topological polar surface area (TPSA) is 37.4 Å². The summed E-state index contributed by atoms with van der Waals surface area (Å²) in [5.74, 6) is 0.276. The Balaban J connectivity index is 1.78. The van der Waals surface area contributed by atoms with Gasteiger partial charge in [-0.3, -0.25) is 9.59 Å². The second-order valence-electron chi connectivity index (χ2n) is 6.28. The number of carbonyl (C=O) groups excluding carboxylic acids is 2. The number of amides is 2. The molecule has 1 aromatic carbocycles. The predicted octanol–water partition coefficient (Wildman–Crippen LogP) is 3.30. The van der Waals surface area contributed by atoms with Gasteiger partial charge in [-0.15, -0.1) is 0 Å². The molecule has 0 N–H and O–H groups in total. The van der Waals surface area contributed by atoms with Crippen molar-refractivity contribution in [3.05, 3.63) is 39.5 Å². The van der Waals surface area contributed by atoms with Crippen LogP contribution in [0.2, 0.25) is 0 Å². The molecule has 4 heteroatoms. The Bertz CT molecular complexity index is 649. The lowest BCUT2D eigenvalue weighted by molar-refractivity contribution is -0.124. The minimum absolute atomic E-state index is 0.00774. The molecule has 0 spiro atoms. The quantitative estimate of drug-likeness (QED) is 0.417. The molecule has 1 saturated heterocycles. The molecule has 21 heavy (non-hydrogen) atoms. The first kappa shape index (κ1) is 13.5. The molecule has 2 bridgehead atoms. The summed E-state index contributed by atoms with van der Waals surface area (Å²) in [5, 5.41) is 0. The van der Waals surface area contributed by atoms with Gasteiger partial charge in [0.1, 0.15) is 0 Å². The molecule has 0 radical (unpaired) electrons. The molecule has 2 amide bonds. The number of hydrogen-bond acceptors (Lipinski definition) is 2. The maximum Gasteiger partial charge on any atom is 0.238 e. The molecule has 0 unspecified atom stereocenters. The van der Waals surface area contributed by atoms with Gasteiger partial charge in [0.25, 0.3) is 0 Å². The fraction of sp³-hybridized carbons (Fsp3) is 0.412. The van der Waals surface area contributed by atoms with Gasteiger partial charge in [-0.2, -0.15) is 0 Å². The van der Waals surface area contributed by atoms with Crippen LogP contribution in [0.3, 0.4) is 0 Å². The van der Waals surface area contributed by atoms with Crippen molar-refractivity contribution in [2.75, 3.05) is 4.90 Å². The Labute approximate surface area is 137 Å². The lowest BCUT2D eigenvalue weighted by Crippen LogP contribution is -2.38. The van der Waals surface area contributed by atoms with E-state index in [4.69, 9.17) is 0 Å². The van der Waals surface area contributed by atoms with Crippen LogP contribution < -0.4 is 4.90 Å². The number of rotatable bonds is 1. The van der Waals surface area contributed by atoms with Gasteiger partial charge in [-0.25, -0.2) is 4.90 Å². The number of anilines is 1. The predicted molar refractivity (Wildman–Crippen MR) is 88.7 cm³/mol. The summed E-state index contributed by atoms with van der Waals surface area (Å²) in [5.41, 5.74) is 1.75. The molecular formula is C17H16INO2. The van der Waals surface area contributed by atoms with E-state index in [9.17, 15) is 9.59 Å². The number of hydrogen-bond donors (Lipinski definition) is 0. The van der Waals surface area contributed by atoms with E-state index in [1.54, 1.807) is 0 Å². The molecule has 1 aliphatic heterocycles. The van der Waals surface area contributed by atoms with Crippen molar-refractivity contribution >= 4 is 40.1 Å². The first-order valence-corrected chi connectivity index (χ1v) is 8.48. The lowest BCUT2D eigenvalue weighted by atomic mass is 9.63. The summed E-state index contributed by atoms with van der Waals surface area (Å²) in [7, 11) is 0. The van der Waals surface area contributed by atoms with E-state index in [-0.39, 0.29) is 35.5 Å². The Hall–Kier alpha value is -1.17. The van der Waals surface area contributed by atoms with Crippen LogP contribution in [0, 0.1) is 34.2 Å². The zero-order chi connectivity index (χ0) is 14.7. The van der Waals surface area contributed by atoms with Crippen LogP contribution in [0.4, 0.5) is 5.69 Å². The van der Waals surface area contributed by atoms with E-state index in [2.05, 4.69) is 34.7 Å². The van der Waals surface area contributed by atoms with Crippen LogP contribution >= 0.6 is 22.6 Å². The van der Waals surface area contributed by atoms with E-state index >= 15 is 0 Å². The maximum absolute atomic E-state index is 12.8. The fourth-order valence-electron chi connectivity index (χ4n) is 4.18. The third-order valence-corrected chi connectivity index (χ3v) is 5.83. The van der Waals surface area contributed by atoms with Gasteiger partial charge >= 0.3 is 0 Å². The highest BCUT2D eigenvalue weighted by Crippen LogP contribution is 2.50. The zero-order valence-electron chi connectivity index (χ0n) is 11.8. The van der Waals surface area contributed by atoms with Crippen molar-refractivity contribution < 1.29 is 9.59 Å². The molecule has 0 aromatic heterocycles. The number of imide groups is 1. The highest BCUT2D eigenvalue weighted by atomic mass is 127. The van der Waals surface area contributed by atoms with Crippen molar-refractivity contribution in [2.24, 2.45) is 23.7 Å². The Morgan fingerprint density at radius 2 is 1.62 bits per heavy atom. The van der Waals surface area contributed by atoms with Gasteiger partial charge in [0.2, 0.25) is 11.8 Å². The van der Waals surface area contributed by atoms with Gasteiger partial charge in [0, 0.05) is 3.57 Å². The van der Waals surface area contributed by atoms with E-state index in [1.165, 1.54) is 4.90 Å². The second-order valence-corrected chi connectivity index (χ2v) is 7.53. The normalized spacial score (nSPS) is 33.7. The van der Waals surface area contributed by atoms with Crippen LogP contribution in [-0.4, -0.2) is 11.8 Å². The summed E-state index contributed by atoms with van der Waals surface area (Å²) >= 11 is 2.25. The number of benzene rings is 1. The highest BCUT2D eigenvalue weighted by Gasteiger charge is 2.56. The van der Waals surface area contributed by atoms with Crippen LogP contribution in [0.5, 0.6) is 0 Å². The van der Waals surface area contributed by atoms with Crippen LogP contribution in [-0.2, 0) is 9.59 Å². The van der Waals surface area contributed by atoms with Crippen molar-refractivity contribution in [3.63, 3.8) is 0 Å². The first-order valence-electron chi connectivity index (χ1n) is 7.40. The summed E-state index contributed by atoms with van der Waals surface area (Å²) in [6.07, 6.45) is 6.40. The summed E-state index contributed by atoms with van der Waals surface area (Å²) < 4.78 is 1.12. The zero-order valence-corrected chi connectivity index (χ0v) is 13.9. The molecule has 4 atom stereocenters. The number of halogens is 1. The molecule has 108 valence electrons. The van der Waals surface area contributed by atoms with E-state index in [0.29, 0.717) is 0 Å². The number of nitrogens with zero attached hydrogens (tertiary/aromatic N) is 1. The monoisotopic (exact) mass is 393 g/mol. The Morgan fingerprint density at radius 3 is 2.10 bits per heavy atom. The third-order valence-electron chi connectivity index (χ3n) is 5.16. The van der Waals surface area contributed by atoms with E-state index in [1.807, 2.05) is 25.1 Å². The van der Waals surface area contributed by atoms with Crippen molar-refractivity contribution in [2.45, 2.75) is 19.8 Å². The number of aryl methyl sites for hydroxylation is 1. The van der Waals surface area contributed by atoms with Crippen LogP contribution in [0.1, 0.15) is 18.4 Å². The van der Waals surface area contributed by atoms with Crippen molar-refractivity contribution in [1.82, 2.24) is 0 Å². The molecule has 5 rings (SSSR count). The van der Waals surface area contributed by atoms with Gasteiger partial charge < -0.3 is 0 Å². The Morgan fingerprint density at radius 1 is 1.05 bits per heavy atom. The molecule has 4 aliphatic rings. The van der Waals surface area contributed by atoms with Crippen molar-refractivity contribution in [1.29, 1.82) is 0 Å². The van der Waals surface area contributed by atoms with Crippen LogP contribution in [0.25, 0.3) is 0 Å². The minimum Gasteiger partial charge on any atom is -0.274 e. The lowest BCUT2D eigenvalue weighted by Gasteiger charge is -2.38. The molecule has 3 nitrogen and oxygen atoms in total. The number of allylic oxidation sites excluding steroid dienone is 2. The minimum atomic E-state index is -0.125. The fourth-order valence-corrected chi connectivity index (χ4v) is 4.83. The molecule has 2 fully saturated rings. The third kappa shape index (κ3) is 1.84. The average molecular weight is 393 g/mol. The van der Waals surface area contributed by atoms with E-state index in [0.717, 1.165) is 27.7 Å². The van der Waals surface area contributed by atoms with Gasteiger partial charge in [-0.1, -0.05) is 12.2 Å².